The zero-order chi connectivity index (χ0) is 14.6. The molecule has 1 aromatic heterocycles. The number of hydrogen-bond donors (Lipinski definition) is 1. The van der Waals surface area contributed by atoms with Crippen LogP contribution in [-0.2, 0) is 11.3 Å². The maximum atomic E-state index is 5.42. The third-order valence-electron chi connectivity index (χ3n) is 3.89. The number of ether oxygens (including phenoxy) is 1. The van der Waals surface area contributed by atoms with Crippen LogP contribution in [0.15, 0.2) is 6.07 Å². The van der Waals surface area contributed by atoms with Gasteiger partial charge in [-0.15, -0.1) is 0 Å². The topological polar surface area (TPSA) is 50.3 Å². The Labute approximate surface area is 121 Å². The molecule has 0 aromatic carbocycles. The second kappa shape index (κ2) is 6.39. The van der Waals surface area contributed by atoms with E-state index in [1.54, 1.807) is 0 Å². The molecule has 0 aliphatic carbocycles. The van der Waals surface area contributed by atoms with E-state index in [0.717, 1.165) is 30.5 Å². The van der Waals surface area contributed by atoms with Crippen molar-refractivity contribution in [3.05, 3.63) is 11.9 Å². The molecule has 0 spiro atoms. The van der Waals surface area contributed by atoms with Gasteiger partial charge < -0.3 is 15.0 Å². The molecule has 0 saturated carbocycles. The van der Waals surface area contributed by atoms with Gasteiger partial charge in [0.05, 0.1) is 0 Å². The van der Waals surface area contributed by atoms with Gasteiger partial charge in [0.25, 0.3) is 0 Å². The fourth-order valence-electron chi connectivity index (χ4n) is 2.37. The van der Waals surface area contributed by atoms with Gasteiger partial charge in [0.1, 0.15) is 18.2 Å². The van der Waals surface area contributed by atoms with Crippen molar-refractivity contribution in [2.24, 2.45) is 5.41 Å². The molecule has 0 bridgehead atoms. The predicted octanol–water partition coefficient (Wildman–Crippen LogP) is 2.68. The van der Waals surface area contributed by atoms with E-state index in [4.69, 9.17) is 4.74 Å². The zero-order valence-electron chi connectivity index (χ0n) is 13.1. The van der Waals surface area contributed by atoms with Gasteiger partial charge in [0.2, 0.25) is 0 Å². The molecule has 2 rings (SSSR count). The first-order chi connectivity index (χ1) is 9.54. The fraction of sp³-hybridized carbons (Fsp3) is 0.733. The van der Waals surface area contributed by atoms with Crippen molar-refractivity contribution in [2.75, 3.05) is 37.0 Å². The van der Waals surface area contributed by atoms with Crippen LogP contribution in [-0.4, -0.2) is 36.7 Å². The monoisotopic (exact) mass is 278 g/mol. The van der Waals surface area contributed by atoms with Gasteiger partial charge in [0, 0.05) is 32.8 Å². The van der Waals surface area contributed by atoms with Crippen molar-refractivity contribution in [3.63, 3.8) is 0 Å². The van der Waals surface area contributed by atoms with Crippen LogP contribution in [0.25, 0.3) is 0 Å². The summed E-state index contributed by atoms with van der Waals surface area (Å²) in [6, 6.07) is 2.02. The molecule has 1 aromatic rings. The molecule has 2 heterocycles. The molecule has 5 heteroatoms. The Hall–Kier alpha value is -1.36. The number of aromatic nitrogens is 2. The number of nitrogens with one attached hydrogen (secondary N) is 1. The summed E-state index contributed by atoms with van der Waals surface area (Å²) in [5, 5.41) is 3.11. The minimum Gasteiger partial charge on any atom is -0.374 e. The molecule has 112 valence electrons. The van der Waals surface area contributed by atoms with Crippen LogP contribution in [0.3, 0.4) is 0 Å². The largest absolute Gasteiger partial charge is 0.374 e. The molecule has 0 atom stereocenters. The highest BCUT2D eigenvalue weighted by molar-refractivity contribution is 5.49. The van der Waals surface area contributed by atoms with Crippen molar-refractivity contribution < 1.29 is 4.74 Å². The van der Waals surface area contributed by atoms with E-state index in [2.05, 4.69) is 34.0 Å². The van der Waals surface area contributed by atoms with Gasteiger partial charge in [-0.05, 0) is 25.2 Å². The zero-order valence-corrected chi connectivity index (χ0v) is 13.1. The standard InChI is InChI=1S/C15H26N4O/c1-5-20-11-13-17-12(16-4)10-14(18-13)19-8-6-15(2,3)7-9-19/h10H,5-9,11H2,1-4H3,(H,16,17,18). The first kappa shape index (κ1) is 15.0. The van der Waals surface area contributed by atoms with Gasteiger partial charge in [-0.25, -0.2) is 9.97 Å². The Kier molecular flexibility index (Phi) is 4.81. The predicted molar refractivity (Wildman–Crippen MR) is 82.1 cm³/mol. The first-order valence-electron chi connectivity index (χ1n) is 7.42. The Morgan fingerprint density at radius 1 is 1.30 bits per heavy atom. The van der Waals surface area contributed by atoms with Gasteiger partial charge in [-0.3, -0.25) is 0 Å². The van der Waals surface area contributed by atoms with Crippen LogP contribution in [0.5, 0.6) is 0 Å². The van der Waals surface area contributed by atoms with Crippen LogP contribution in [0.4, 0.5) is 11.6 Å². The molecule has 5 nitrogen and oxygen atoms in total. The minimum absolute atomic E-state index is 0.448. The maximum absolute atomic E-state index is 5.42. The maximum Gasteiger partial charge on any atom is 0.158 e. The molecule has 1 aliphatic heterocycles. The Morgan fingerprint density at radius 3 is 2.60 bits per heavy atom. The van der Waals surface area contributed by atoms with Gasteiger partial charge in [0.15, 0.2) is 5.82 Å². The second-order valence-corrected chi connectivity index (χ2v) is 6.07. The molecule has 1 saturated heterocycles. The lowest BCUT2D eigenvalue weighted by atomic mass is 9.83. The number of anilines is 2. The third kappa shape index (κ3) is 3.82. The summed E-state index contributed by atoms with van der Waals surface area (Å²) in [6.07, 6.45) is 2.40. The lowest BCUT2D eigenvalue weighted by Crippen LogP contribution is -2.38. The van der Waals surface area contributed by atoms with E-state index < -0.39 is 0 Å². The lowest BCUT2D eigenvalue weighted by Gasteiger charge is -2.37. The van der Waals surface area contributed by atoms with Gasteiger partial charge in [-0.2, -0.15) is 0 Å². The fourth-order valence-corrected chi connectivity index (χ4v) is 2.37. The molecule has 0 unspecified atom stereocenters. The van der Waals surface area contributed by atoms with Gasteiger partial charge >= 0.3 is 0 Å². The lowest BCUT2D eigenvalue weighted by molar-refractivity contribution is 0.128. The van der Waals surface area contributed by atoms with Crippen LogP contribution >= 0.6 is 0 Å². The van der Waals surface area contributed by atoms with E-state index in [0.29, 0.717) is 18.6 Å². The summed E-state index contributed by atoms with van der Waals surface area (Å²) in [4.78, 5) is 11.4. The normalized spacial score (nSPS) is 18.1. The van der Waals surface area contributed by atoms with E-state index >= 15 is 0 Å². The summed E-state index contributed by atoms with van der Waals surface area (Å²) >= 11 is 0. The third-order valence-corrected chi connectivity index (χ3v) is 3.89. The molecule has 1 N–H and O–H groups in total. The van der Waals surface area contributed by atoms with Crippen LogP contribution < -0.4 is 10.2 Å². The van der Waals surface area contributed by atoms with Crippen molar-refractivity contribution in [2.45, 2.75) is 40.2 Å². The Bertz CT molecular complexity index is 437. The summed E-state index contributed by atoms with van der Waals surface area (Å²) in [7, 11) is 1.88. The molecule has 0 amide bonds. The quantitative estimate of drug-likeness (QED) is 0.897. The molecule has 1 fully saturated rings. The van der Waals surface area contributed by atoms with E-state index in [1.165, 1.54) is 12.8 Å². The second-order valence-electron chi connectivity index (χ2n) is 6.07. The van der Waals surface area contributed by atoms with Crippen molar-refractivity contribution in [1.29, 1.82) is 0 Å². The average Bonchev–Trinajstić information content (AvgIpc) is 2.44. The number of nitrogens with zero attached hydrogens (tertiary/aromatic N) is 3. The number of piperidine rings is 1. The summed E-state index contributed by atoms with van der Waals surface area (Å²) in [5.74, 6) is 2.61. The number of hydrogen-bond acceptors (Lipinski definition) is 5. The SMILES string of the molecule is CCOCc1nc(NC)cc(N2CCC(C)(C)CC2)n1. The van der Waals surface area contributed by atoms with Gasteiger partial charge in [-0.1, -0.05) is 13.8 Å². The molecular formula is C15H26N4O. The Balaban J connectivity index is 2.14. The minimum atomic E-state index is 0.448. The van der Waals surface area contributed by atoms with Crippen LogP contribution in [0.1, 0.15) is 39.4 Å². The summed E-state index contributed by atoms with van der Waals surface area (Å²) in [5.41, 5.74) is 0.448. The molecule has 0 radical (unpaired) electrons. The average molecular weight is 278 g/mol. The van der Waals surface area contributed by atoms with Crippen LogP contribution in [0.2, 0.25) is 0 Å². The molecular weight excluding hydrogens is 252 g/mol. The van der Waals surface area contributed by atoms with E-state index in [1.807, 2.05) is 20.0 Å². The van der Waals surface area contributed by atoms with E-state index in [-0.39, 0.29) is 0 Å². The highest BCUT2D eigenvalue weighted by atomic mass is 16.5. The Morgan fingerprint density at radius 2 is 2.00 bits per heavy atom. The summed E-state index contributed by atoms with van der Waals surface area (Å²) in [6.45, 7) is 9.92. The molecule has 20 heavy (non-hydrogen) atoms. The molecule has 1 aliphatic rings. The van der Waals surface area contributed by atoms with E-state index in [9.17, 15) is 0 Å². The van der Waals surface area contributed by atoms with Crippen molar-refractivity contribution in [3.8, 4) is 0 Å². The van der Waals surface area contributed by atoms with Crippen molar-refractivity contribution >= 4 is 11.6 Å². The summed E-state index contributed by atoms with van der Waals surface area (Å²) < 4.78 is 5.42. The van der Waals surface area contributed by atoms with Crippen LogP contribution in [0, 0.1) is 5.41 Å². The highest BCUT2D eigenvalue weighted by Gasteiger charge is 2.26. The number of rotatable bonds is 5. The van der Waals surface area contributed by atoms with Crippen molar-refractivity contribution in [1.82, 2.24) is 9.97 Å². The smallest absolute Gasteiger partial charge is 0.158 e. The first-order valence-corrected chi connectivity index (χ1v) is 7.42. The highest BCUT2D eigenvalue weighted by Crippen LogP contribution is 2.32.